The lowest BCUT2D eigenvalue weighted by Gasteiger charge is -2.24. The maximum absolute atomic E-state index is 12.1. The molecule has 4 N–H and O–H groups in total. The molecule has 0 atom stereocenters. The van der Waals surface area contributed by atoms with Crippen LogP contribution in [0.25, 0.3) is 0 Å². The van der Waals surface area contributed by atoms with Gasteiger partial charge in [-0.05, 0) is 30.9 Å². The van der Waals surface area contributed by atoms with Crippen molar-refractivity contribution in [3.8, 4) is 0 Å². The lowest BCUT2D eigenvalue weighted by Crippen LogP contribution is -2.48. The Morgan fingerprint density at radius 2 is 1.95 bits per heavy atom. The largest absolute Gasteiger partial charge is 0.369 e. The number of guanidine groups is 1. The lowest BCUT2D eigenvalue weighted by atomic mass is 10.1. The van der Waals surface area contributed by atoms with E-state index in [0.29, 0.717) is 18.2 Å². The fourth-order valence-electron chi connectivity index (χ4n) is 1.81. The Morgan fingerprint density at radius 1 is 1.40 bits per heavy atom. The van der Waals surface area contributed by atoms with E-state index in [1.165, 1.54) is 0 Å². The van der Waals surface area contributed by atoms with Crippen LogP contribution in [0.15, 0.2) is 18.2 Å². The first-order valence-electron chi connectivity index (χ1n) is 6.46. The maximum atomic E-state index is 12.1. The van der Waals surface area contributed by atoms with Gasteiger partial charge in [-0.25, -0.2) is 15.2 Å². The predicted molar refractivity (Wildman–Crippen MR) is 79.6 cm³/mol. The van der Waals surface area contributed by atoms with Gasteiger partial charge in [-0.3, -0.25) is 10.2 Å². The zero-order valence-electron chi connectivity index (χ0n) is 12.4. The smallest absolute Gasteiger partial charge is 0.352 e. The van der Waals surface area contributed by atoms with E-state index in [-0.39, 0.29) is 5.96 Å². The average molecular weight is 278 g/mol. The summed E-state index contributed by atoms with van der Waals surface area (Å²) in [5.74, 6) is -0.0608. The van der Waals surface area contributed by atoms with Gasteiger partial charge in [-0.1, -0.05) is 32.0 Å². The van der Waals surface area contributed by atoms with Crippen molar-refractivity contribution in [3.63, 3.8) is 0 Å². The van der Waals surface area contributed by atoms with Crippen LogP contribution in [0.2, 0.25) is 0 Å². The molecule has 6 nitrogen and oxygen atoms in total. The molecule has 0 unspecified atom stereocenters. The second-order valence-corrected chi connectivity index (χ2v) is 5.07. The number of hydroxylamine groups is 1. The van der Waals surface area contributed by atoms with Crippen molar-refractivity contribution in [2.75, 3.05) is 11.5 Å². The number of amides is 2. The Morgan fingerprint density at radius 3 is 2.40 bits per heavy atom. The standard InChI is InChI=1S/C14H22N4O2/c1-9(2)8-20-17-14(19)18(13(15)16)12-10(3)6-5-7-11(12)4/h5-7,9H,8H2,1-4H3,(H3,15,16)(H,17,19). The Hall–Kier alpha value is -2.08. The number of carbonyl (C=O) groups is 1. The van der Waals surface area contributed by atoms with Gasteiger partial charge in [-0.2, -0.15) is 0 Å². The number of aryl methyl sites for hydroxylation is 2. The third-order valence-electron chi connectivity index (χ3n) is 2.68. The molecule has 1 aromatic rings. The zero-order chi connectivity index (χ0) is 15.3. The van der Waals surface area contributed by atoms with Crippen LogP contribution in [0.1, 0.15) is 25.0 Å². The van der Waals surface area contributed by atoms with Crippen LogP contribution in [-0.2, 0) is 4.84 Å². The molecule has 0 saturated carbocycles. The minimum absolute atomic E-state index is 0.293. The summed E-state index contributed by atoms with van der Waals surface area (Å²) < 4.78 is 0. The molecule has 0 aromatic heterocycles. The molecule has 0 aliphatic rings. The predicted octanol–water partition coefficient (Wildman–Crippen LogP) is 2.30. The molecule has 0 radical (unpaired) electrons. The molecule has 0 aliphatic carbocycles. The van der Waals surface area contributed by atoms with E-state index in [1.807, 2.05) is 45.9 Å². The van der Waals surface area contributed by atoms with Crippen LogP contribution in [0.5, 0.6) is 0 Å². The fraction of sp³-hybridized carbons (Fsp3) is 0.429. The first-order valence-corrected chi connectivity index (χ1v) is 6.46. The van der Waals surface area contributed by atoms with Crippen LogP contribution in [0.3, 0.4) is 0 Å². The van der Waals surface area contributed by atoms with Crippen LogP contribution in [0, 0.1) is 25.2 Å². The fourth-order valence-corrected chi connectivity index (χ4v) is 1.81. The van der Waals surface area contributed by atoms with Crippen molar-refractivity contribution in [3.05, 3.63) is 29.3 Å². The number of para-hydroxylation sites is 1. The van der Waals surface area contributed by atoms with Crippen LogP contribution in [-0.4, -0.2) is 18.6 Å². The summed E-state index contributed by atoms with van der Waals surface area (Å²) in [6.45, 7) is 8.06. The van der Waals surface area contributed by atoms with E-state index in [2.05, 4.69) is 5.48 Å². The van der Waals surface area contributed by atoms with Gasteiger partial charge in [0.2, 0.25) is 5.96 Å². The number of benzene rings is 1. The molecule has 0 saturated heterocycles. The third-order valence-corrected chi connectivity index (χ3v) is 2.68. The normalized spacial score (nSPS) is 10.4. The van der Waals surface area contributed by atoms with E-state index in [0.717, 1.165) is 16.0 Å². The van der Waals surface area contributed by atoms with Crippen molar-refractivity contribution in [2.24, 2.45) is 11.7 Å². The lowest BCUT2D eigenvalue weighted by molar-refractivity contribution is 0.0470. The number of nitrogens with one attached hydrogen (secondary N) is 2. The molecule has 0 spiro atoms. The number of urea groups is 1. The van der Waals surface area contributed by atoms with E-state index < -0.39 is 6.03 Å². The number of hydrogen-bond donors (Lipinski definition) is 3. The van der Waals surface area contributed by atoms with Gasteiger partial charge < -0.3 is 5.73 Å². The minimum Gasteiger partial charge on any atom is -0.369 e. The Bertz CT molecular complexity index is 480. The number of hydrogen-bond acceptors (Lipinski definition) is 3. The molecule has 0 aliphatic heterocycles. The SMILES string of the molecule is Cc1cccc(C)c1N(C(=N)N)C(=O)NOCC(C)C. The summed E-state index contributed by atoms with van der Waals surface area (Å²) in [5.41, 5.74) is 10.2. The van der Waals surface area contributed by atoms with Crippen molar-refractivity contribution < 1.29 is 9.63 Å². The van der Waals surface area contributed by atoms with E-state index >= 15 is 0 Å². The summed E-state index contributed by atoms with van der Waals surface area (Å²) in [7, 11) is 0. The average Bonchev–Trinajstić information content (AvgIpc) is 2.32. The Kier molecular flexibility index (Phi) is 5.52. The first-order chi connectivity index (χ1) is 9.34. The Balaban J connectivity index is 2.95. The first kappa shape index (κ1) is 16.0. The van der Waals surface area contributed by atoms with Gasteiger partial charge >= 0.3 is 6.03 Å². The monoisotopic (exact) mass is 278 g/mol. The van der Waals surface area contributed by atoms with Crippen molar-refractivity contribution >= 4 is 17.7 Å². The van der Waals surface area contributed by atoms with Gasteiger partial charge in [0.1, 0.15) is 0 Å². The summed E-state index contributed by atoms with van der Waals surface area (Å²) >= 11 is 0. The highest BCUT2D eigenvalue weighted by atomic mass is 16.7. The highest BCUT2D eigenvalue weighted by Gasteiger charge is 2.22. The molecule has 0 bridgehead atoms. The van der Waals surface area contributed by atoms with E-state index in [4.69, 9.17) is 16.0 Å². The number of rotatable bonds is 4. The third kappa shape index (κ3) is 3.96. The molecule has 20 heavy (non-hydrogen) atoms. The molecule has 2 amide bonds. The molecule has 1 rings (SSSR count). The van der Waals surface area contributed by atoms with E-state index in [9.17, 15) is 4.79 Å². The molecule has 1 aromatic carbocycles. The van der Waals surface area contributed by atoms with Gasteiger partial charge in [0.15, 0.2) is 0 Å². The Labute approximate surface area is 119 Å². The number of nitrogens with zero attached hydrogens (tertiary/aromatic N) is 1. The molecule has 0 fully saturated rings. The molecular weight excluding hydrogens is 256 g/mol. The molecular formula is C14H22N4O2. The zero-order valence-corrected chi connectivity index (χ0v) is 12.4. The van der Waals surface area contributed by atoms with Crippen molar-refractivity contribution in [1.29, 1.82) is 5.41 Å². The van der Waals surface area contributed by atoms with Crippen LogP contribution >= 0.6 is 0 Å². The van der Waals surface area contributed by atoms with Gasteiger partial charge in [-0.15, -0.1) is 0 Å². The number of anilines is 1. The van der Waals surface area contributed by atoms with Gasteiger partial charge in [0.05, 0.1) is 12.3 Å². The van der Waals surface area contributed by atoms with Gasteiger partial charge in [0.25, 0.3) is 0 Å². The van der Waals surface area contributed by atoms with Crippen molar-refractivity contribution in [1.82, 2.24) is 5.48 Å². The topological polar surface area (TPSA) is 91.4 Å². The molecule has 0 heterocycles. The quantitative estimate of drug-likeness (QED) is 0.448. The highest BCUT2D eigenvalue weighted by Crippen LogP contribution is 2.24. The van der Waals surface area contributed by atoms with Crippen molar-refractivity contribution in [2.45, 2.75) is 27.7 Å². The number of nitrogens with two attached hydrogens (primary N) is 1. The minimum atomic E-state index is -0.574. The summed E-state index contributed by atoms with van der Waals surface area (Å²) in [6.07, 6.45) is 0. The highest BCUT2D eigenvalue weighted by molar-refractivity contribution is 6.14. The van der Waals surface area contributed by atoms with Crippen LogP contribution in [0.4, 0.5) is 10.5 Å². The molecule has 6 heteroatoms. The van der Waals surface area contributed by atoms with E-state index in [1.54, 1.807) is 0 Å². The second-order valence-electron chi connectivity index (χ2n) is 5.07. The maximum Gasteiger partial charge on any atom is 0.352 e. The van der Waals surface area contributed by atoms with Crippen LogP contribution < -0.4 is 16.1 Å². The summed E-state index contributed by atoms with van der Waals surface area (Å²) in [6, 6.07) is 5.04. The summed E-state index contributed by atoms with van der Waals surface area (Å²) in [5, 5.41) is 7.62. The molecule has 110 valence electrons. The summed E-state index contributed by atoms with van der Waals surface area (Å²) in [4.78, 5) is 18.3. The van der Waals surface area contributed by atoms with Gasteiger partial charge in [0, 0.05) is 0 Å². The second kappa shape index (κ2) is 6.91. The number of carbonyl (C=O) groups excluding carboxylic acids is 1.